The molecule has 2 atom stereocenters. The number of benzene rings is 1. The van der Waals surface area contributed by atoms with Crippen molar-refractivity contribution >= 4 is 10.0 Å². The van der Waals surface area contributed by atoms with Crippen LogP contribution in [-0.4, -0.2) is 26.9 Å². The number of hydrogen-bond donors (Lipinski definition) is 1. The molecule has 1 heterocycles. The SMILES string of the molecule is Cc1ccc(C[C@H]2COCC[C@@H]2S(N)(=O)=O)cc1. The average molecular weight is 269 g/mol. The molecule has 0 spiro atoms. The van der Waals surface area contributed by atoms with Crippen molar-refractivity contribution in [1.82, 2.24) is 0 Å². The van der Waals surface area contributed by atoms with Crippen LogP contribution in [0.15, 0.2) is 24.3 Å². The van der Waals surface area contributed by atoms with Gasteiger partial charge >= 0.3 is 0 Å². The van der Waals surface area contributed by atoms with E-state index < -0.39 is 15.3 Å². The maximum absolute atomic E-state index is 11.6. The maximum atomic E-state index is 11.6. The predicted molar refractivity (Wildman–Crippen MR) is 70.7 cm³/mol. The van der Waals surface area contributed by atoms with Crippen LogP contribution in [-0.2, 0) is 21.2 Å². The Labute approximate surface area is 108 Å². The number of ether oxygens (including phenoxy) is 1. The van der Waals surface area contributed by atoms with E-state index in [1.807, 2.05) is 31.2 Å². The summed E-state index contributed by atoms with van der Waals surface area (Å²) in [4.78, 5) is 0. The number of primary sulfonamides is 1. The second-order valence-corrected chi connectivity index (χ2v) is 6.72. The first-order chi connectivity index (χ1) is 8.47. The molecular formula is C13H19NO3S. The summed E-state index contributed by atoms with van der Waals surface area (Å²) >= 11 is 0. The molecular weight excluding hydrogens is 250 g/mol. The number of nitrogens with two attached hydrogens (primary N) is 1. The molecule has 0 saturated carbocycles. The molecule has 1 saturated heterocycles. The summed E-state index contributed by atoms with van der Waals surface area (Å²) < 4.78 is 28.5. The molecule has 1 aliphatic rings. The van der Waals surface area contributed by atoms with E-state index in [0.717, 1.165) is 5.56 Å². The minimum atomic E-state index is -3.48. The third kappa shape index (κ3) is 3.31. The lowest BCUT2D eigenvalue weighted by molar-refractivity contribution is 0.0572. The zero-order valence-corrected chi connectivity index (χ0v) is 11.3. The van der Waals surface area contributed by atoms with Gasteiger partial charge in [0.15, 0.2) is 0 Å². The Balaban J connectivity index is 2.13. The van der Waals surface area contributed by atoms with Gasteiger partial charge in [-0.1, -0.05) is 29.8 Å². The van der Waals surface area contributed by atoms with Crippen molar-refractivity contribution in [2.75, 3.05) is 13.2 Å². The van der Waals surface area contributed by atoms with Gasteiger partial charge in [-0.2, -0.15) is 0 Å². The van der Waals surface area contributed by atoms with Crippen molar-refractivity contribution in [3.8, 4) is 0 Å². The summed E-state index contributed by atoms with van der Waals surface area (Å²) in [5.41, 5.74) is 2.33. The molecule has 1 aromatic rings. The van der Waals surface area contributed by atoms with Gasteiger partial charge in [-0.05, 0) is 25.3 Å². The quantitative estimate of drug-likeness (QED) is 0.897. The lowest BCUT2D eigenvalue weighted by atomic mass is 9.93. The Kier molecular flexibility index (Phi) is 4.04. The van der Waals surface area contributed by atoms with Crippen LogP contribution < -0.4 is 5.14 Å². The van der Waals surface area contributed by atoms with E-state index in [2.05, 4.69) is 0 Å². The van der Waals surface area contributed by atoms with Gasteiger partial charge in [0.1, 0.15) is 0 Å². The first kappa shape index (κ1) is 13.5. The second kappa shape index (κ2) is 5.38. The summed E-state index contributed by atoms with van der Waals surface area (Å²) in [7, 11) is -3.48. The fraction of sp³-hybridized carbons (Fsp3) is 0.538. The first-order valence-corrected chi connectivity index (χ1v) is 7.72. The molecule has 1 aromatic carbocycles. The van der Waals surface area contributed by atoms with Crippen LogP contribution in [0, 0.1) is 12.8 Å². The molecule has 2 N–H and O–H groups in total. The van der Waals surface area contributed by atoms with Gasteiger partial charge in [-0.15, -0.1) is 0 Å². The highest BCUT2D eigenvalue weighted by atomic mass is 32.2. The van der Waals surface area contributed by atoms with E-state index in [-0.39, 0.29) is 5.92 Å². The lowest BCUT2D eigenvalue weighted by Gasteiger charge is -2.29. The zero-order valence-electron chi connectivity index (χ0n) is 10.5. The molecule has 100 valence electrons. The number of aryl methyl sites for hydroxylation is 1. The molecule has 1 aliphatic heterocycles. The van der Waals surface area contributed by atoms with E-state index in [1.165, 1.54) is 5.56 Å². The molecule has 5 heteroatoms. The van der Waals surface area contributed by atoms with Crippen molar-refractivity contribution in [3.05, 3.63) is 35.4 Å². The summed E-state index contributed by atoms with van der Waals surface area (Å²) in [5, 5.41) is 4.82. The Hall–Kier alpha value is -0.910. The summed E-state index contributed by atoms with van der Waals surface area (Å²) in [6.45, 7) is 2.97. The molecule has 0 bridgehead atoms. The van der Waals surface area contributed by atoms with Crippen molar-refractivity contribution in [1.29, 1.82) is 0 Å². The number of hydrogen-bond acceptors (Lipinski definition) is 3. The fourth-order valence-corrected chi connectivity index (χ4v) is 3.56. The Morgan fingerprint density at radius 3 is 2.61 bits per heavy atom. The van der Waals surface area contributed by atoms with Crippen LogP contribution in [0.2, 0.25) is 0 Å². The Morgan fingerprint density at radius 2 is 2.00 bits per heavy atom. The lowest BCUT2D eigenvalue weighted by Crippen LogP contribution is -2.42. The Bertz CT molecular complexity index is 495. The van der Waals surface area contributed by atoms with Crippen molar-refractivity contribution < 1.29 is 13.2 Å². The van der Waals surface area contributed by atoms with Gasteiger partial charge in [0.2, 0.25) is 10.0 Å². The van der Waals surface area contributed by atoms with Crippen LogP contribution in [0.4, 0.5) is 0 Å². The van der Waals surface area contributed by atoms with Gasteiger partial charge in [-0.3, -0.25) is 0 Å². The molecule has 0 aromatic heterocycles. The normalized spacial score (nSPS) is 25.0. The monoisotopic (exact) mass is 269 g/mol. The van der Waals surface area contributed by atoms with E-state index in [0.29, 0.717) is 26.1 Å². The Morgan fingerprint density at radius 1 is 1.33 bits per heavy atom. The van der Waals surface area contributed by atoms with E-state index in [9.17, 15) is 8.42 Å². The van der Waals surface area contributed by atoms with Crippen LogP contribution in [0.1, 0.15) is 17.5 Å². The number of sulfonamides is 1. The standard InChI is InChI=1S/C13H19NO3S/c1-10-2-4-11(5-3-10)8-12-9-17-7-6-13(12)18(14,15)16/h2-5,12-13H,6-9H2,1H3,(H2,14,15,16)/t12-,13-/m0/s1. The van der Waals surface area contributed by atoms with Crippen LogP contribution in [0.25, 0.3) is 0 Å². The maximum Gasteiger partial charge on any atom is 0.212 e. The van der Waals surface area contributed by atoms with Crippen molar-refractivity contribution in [3.63, 3.8) is 0 Å². The summed E-state index contributed by atoms with van der Waals surface area (Å²) in [6.07, 6.45) is 1.19. The third-order valence-corrected chi connectivity index (χ3v) is 4.91. The fourth-order valence-electron chi connectivity index (χ4n) is 2.43. The predicted octanol–water partition coefficient (Wildman–Crippen LogP) is 1.23. The van der Waals surface area contributed by atoms with Gasteiger partial charge < -0.3 is 4.74 Å². The van der Waals surface area contributed by atoms with E-state index in [1.54, 1.807) is 0 Å². The van der Waals surface area contributed by atoms with Crippen molar-refractivity contribution in [2.45, 2.75) is 25.0 Å². The minimum Gasteiger partial charge on any atom is -0.381 e. The third-order valence-electron chi connectivity index (χ3n) is 3.44. The molecule has 0 amide bonds. The average Bonchev–Trinajstić information content (AvgIpc) is 2.31. The van der Waals surface area contributed by atoms with E-state index in [4.69, 9.17) is 9.88 Å². The molecule has 0 unspecified atom stereocenters. The van der Waals surface area contributed by atoms with Crippen LogP contribution >= 0.6 is 0 Å². The largest absolute Gasteiger partial charge is 0.381 e. The highest BCUT2D eigenvalue weighted by Crippen LogP contribution is 2.24. The topological polar surface area (TPSA) is 69.4 Å². The first-order valence-electron chi connectivity index (χ1n) is 6.12. The molecule has 18 heavy (non-hydrogen) atoms. The van der Waals surface area contributed by atoms with Gasteiger partial charge in [0, 0.05) is 12.5 Å². The van der Waals surface area contributed by atoms with Crippen LogP contribution in [0.3, 0.4) is 0 Å². The molecule has 2 rings (SSSR count). The van der Waals surface area contributed by atoms with E-state index >= 15 is 0 Å². The van der Waals surface area contributed by atoms with Gasteiger partial charge in [-0.25, -0.2) is 13.6 Å². The van der Waals surface area contributed by atoms with Crippen LogP contribution in [0.5, 0.6) is 0 Å². The summed E-state index contributed by atoms with van der Waals surface area (Å²) in [5.74, 6) is -0.0449. The summed E-state index contributed by atoms with van der Waals surface area (Å²) in [6, 6.07) is 8.13. The van der Waals surface area contributed by atoms with Crippen molar-refractivity contribution in [2.24, 2.45) is 11.1 Å². The molecule has 0 radical (unpaired) electrons. The smallest absolute Gasteiger partial charge is 0.212 e. The molecule has 1 fully saturated rings. The van der Waals surface area contributed by atoms with Gasteiger partial charge in [0.05, 0.1) is 11.9 Å². The molecule has 0 aliphatic carbocycles. The zero-order chi connectivity index (χ0) is 13.2. The number of rotatable bonds is 3. The molecule has 4 nitrogen and oxygen atoms in total. The second-order valence-electron chi connectivity index (χ2n) is 4.94. The van der Waals surface area contributed by atoms with Gasteiger partial charge in [0.25, 0.3) is 0 Å². The highest BCUT2D eigenvalue weighted by molar-refractivity contribution is 7.89. The minimum absolute atomic E-state index is 0.0449. The highest BCUT2D eigenvalue weighted by Gasteiger charge is 2.33.